The van der Waals surface area contributed by atoms with Gasteiger partial charge in [0.05, 0.1) is 23.0 Å². The van der Waals surface area contributed by atoms with Crippen molar-refractivity contribution in [3.05, 3.63) is 60.2 Å². The Labute approximate surface area is 176 Å². The second kappa shape index (κ2) is 8.54. The standard InChI is InChI=1S/C20H18N6OS2/c1-12-17(13-7-3-2-4-8-13)18(23-15-10-6-5-9-14(15)22-12)24-16(27)11-28-20-26-25-19(21)29-20/h2-10,17H,11H2,1H3,(H2,21,25)(H,23,24,27). The van der Waals surface area contributed by atoms with E-state index < -0.39 is 0 Å². The average Bonchev–Trinajstić information content (AvgIpc) is 3.08. The normalized spacial score (nSPS) is 15.7. The molecule has 9 heteroatoms. The third-order valence-electron chi connectivity index (χ3n) is 4.26. The third kappa shape index (κ3) is 4.52. The van der Waals surface area contributed by atoms with Gasteiger partial charge in [-0.3, -0.25) is 9.79 Å². The number of nitrogens with zero attached hydrogens (tertiary/aromatic N) is 4. The monoisotopic (exact) mass is 422 g/mol. The van der Waals surface area contributed by atoms with E-state index in [1.807, 2.05) is 61.5 Å². The van der Waals surface area contributed by atoms with Crippen LogP contribution in [0, 0.1) is 0 Å². The first-order valence-corrected chi connectivity index (χ1v) is 10.7. The number of carbonyl (C=O) groups is 1. The van der Waals surface area contributed by atoms with Crippen molar-refractivity contribution in [1.82, 2.24) is 15.5 Å². The number of para-hydroxylation sites is 2. The highest BCUT2D eigenvalue weighted by Crippen LogP contribution is 2.34. The van der Waals surface area contributed by atoms with Gasteiger partial charge in [-0.05, 0) is 24.6 Å². The van der Waals surface area contributed by atoms with Crippen LogP contribution in [0.5, 0.6) is 0 Å². The van der Waals surface area contributed by atoms with Crippen molar-refractivity contribution in [3.8, 4) is 0 Å². The van der Waals surface area contributed by atoms with Gasteiger partial charge in [-0.2, -0.15) is 0 Å². The lowest BCUT2D eigenvalue weighted by Gasteiger charge is -2.19. The minimum Gasteiger partial charge on any atom is -0.374 e. The molecule has 7 nitrogen and oxygen atoms in total. The first kappa shape index (κ1) is 19.3. The van der Waals surface area contributed by atoms with Crippen molar-refractivity contribution in [2.75, 3.05) is 11.5 Å². The first-order chi connectivity index (χ1) is 14.1. The van der Waals surface area contributed by atoms with Crippen LogP contribution >= 0.6 is 23.1 Å². The number of amidine groups is 1. The number of carbonyl (C=O) groups excluding carboxylic acids is 1. The highest BCUT2D eigenvalue weighted by molar-refractivity contribution is 8.01. The van der Waals surface area contributed by atoms with Crippen LogP contribution in [0.3, 0.4) is 0 Å². The smallest absolute Gasteiger partial charge is 0.235 e. The van der Waals surface area contributed by atoms with E-state index in [2.05, 4.69) is 15.5 Å². The topological polar surface area (TPSA) is 106 Å². The molecule has 0 bridgehead atoms. The Kier molecular flexibility index (Phi) is 5.68. The Balaban J connectivity index is 1.62. The second-order valence-electron chi connectivity index (χ2n) is 6.33. The summed E-state index contributed by atoms with van der Waals surface area (Å²) in [5, 5.41) is 11.1. The molecule has 1 amide bonds. The van der Waals surface area contributed by atoms with Crippen LogP contribution in [0.15, 0.2) is 68.9 Å². The van der Waals surface area contributed by atoms with Crippen LogP contribution in [0.1, 0.15) is 18.4 Å². The molecule has 3 aromatic rings. The quantitative estimate of drug-likeness (QED) is 0.619. The molecule has 29 heavy (non-hydrogen) atoms. The van der Waals surface area contributed by atoms with Crippen molar-refractivity contribution in [2.24, 2.45) is 9.98 Å². The second-order valence-corrected chi connectivity index (χ2v) is 8.56. The summed E-state index contributed by atoms with van der Waals surface area (Å²) < 4.78 is 0.656. The maximum atomic E-state index is 12.7. The molecule has 1 aromatic heterocycles. The highest BCUT2D eigenvalue weighted by atomic mass is 32.2. The summed E-state index contributed by atoms with van der Waals surface area (Å²) in [5.41, 5.74) is 8.99. The summed E-state index contributed by atoms with van der Waals surface area (Å²) in [5.74, 6) is 0.336. The predicted molar refractivity (Wildman–Crippen MR) is 119 cm³/mol. The number of nitrogen functional groups attached to an aromatic ring is 1. The van der Waals surface area contributed by atoms with E-state index >= 15 is 0 Å². The minimum absolute atomic E-state index is 0.171. The van der Waals surface area contributed by atoms with E-state index in [0.29, 0.717) is 15.3 Å². The largest absolute Gasteiger partial charge is 0.374 e. The molecule has 1 aliphatic heterocycles. The van der Waals surface area contributed by atoms with Gasteiger partial charge in [-0.25, -0.2) is 4.99 Å². The molecule has 0 fully saturated rings. The lowest BCUT2D eigenvalue weighted by atomic mass is 9.93. The average molecular weight is 423 g/mol. The number of amides is 1. The van der Waals surface area contributed by atoms with Crippen molar-refractivity contribution >= 4 is 57.1 Å². The van der Waals surface area contributed by atoms with Gasteiger partial charge >= 0.3 is 0 Å². The van der Waals surface area contributed by atoms with Gasteiger partial charge in [0.1, 0.15) is 5.84 Å². The summed E-state index contributed by atoms with van der Waals surface area (Å²) in [6.45, 7) is 1.96. The van der Waals surface area contributed by atoms with Crippen molar-refractivity contribution < 1.29 is 4.79 Å². The number of aliphatic imine (C=N–C) groups is 2. The minimum atomic E-state index is -0.241. The van der Waals surface area contributed by atoms with Gasteiger partial charge in [-0.1, -0.05) is 65.6 Å². The molecule has 0 spiro atoms. The number of rotatable bonds is 4. The Morgan fingerprint density at radius 1 is 1.07 bits per heavy atom. The maximum absolute atomic E-state index is 12.7. The molecule has 4 rings (SSSR count). The number of anilines is 1. The Morgan fingerprint density at radius 3 is 2.45 bits per heavy atom. The summed E-state index contributed by atoms with van der Waals surface area (Å²) in [6.07, 6.45) is 0. The number of thioether (sulfide) groups is 1. The fraction of sp³-hybridized carbons (Fsp3) is 0.150. The molecule has 3 N–H and O–H groups in total. The SMILES string of the molecule is CC1=Nc2ccccc2N=C(NC(=O)CSc2nnc(N)s2)C1c1ccccc1. The number of nitrogens with one attached hydrogen (secondary N) is 1. The molecule has 1 unspecified atom stereocenters. The van der Waals surface area contributed by atoms with Crippen molar-refractivity contribution in [2.45, 2.75) is 17.2 Å². The maximum Gasteiger partial charge on any atom is 0.235 e. The molecule has 1 aliphatic rings. The van der Waals surface area contributed by atoms with Crippen LogP contribution in [0.25, 0.3) is 0 Å². The molecule has 2 aromatic carbocycles. The molecule has 2 heterocycles. The van der Waals surface area contributed by atoms with E-state index in [1.165, 1.54) is 23.1 Å². The summed E-state index contributed by atoms with van der Waals surface area (Å²) in [4.78, 5) is 22.2. The van der Waals surface area contributed by atoms with Crippen LogP contribution in [-0.4, -0.2) is 33.4 Å². The molecular weight excluding hydrogens is 404 g/mol. The van der Waals surface area contributed by atoms with E-state index in [9.17, 15) is 4.79 Å². The van der Waals surface area contributed by atoms with Gasteiger partial charge < -0.3 is 11.1 Å². The van der Waals surface area contributed by atoms with Crippen molar-refractivity contribution in [3.63, 3.8) is 0 Å². The van der Waals surface area contributed by atoms with E-state index in [-0.39, 0.29) is 17.6 Å². The molecule has 0 saturated heterocycles. The van der Waals surface area contributed by atoms with E-state index in [4.69, 9.17) is 15.7 Å². The lowest BCUT2D eigenvalue weighted by molar-refractivity contribution is -0.117. The molecular formula is C20H18N6OS2. The molecule has 0 saturated carbocycles. The molecule has 0 radical (unpaired) electrons. The molecule has 1 atom stereocenters. The summed E-state index contributed by atoms with van der Waals surface area (Å²) in [7, 11) is 0. The number of hydrogen-bond donors (Lipinski definition) is 2. The van der Waals surface area contributed by atoms with E-state index in [1.54, 1.807) is 0 Å². The van der Waals surface area contributed by atoms with Gasteiger partial charge in [0.15, 0.2) is 4.34 Å². The highest BCUT2D eigenvalue weighted by Gasteiger charge is 2.26. The number of hydrogen-bond acceptors (Lipinski definition) is 8. The fourth-order valence-corrected chi connectivity index (χ4v) is 4.47. The third-order valence-corrected chi connectivity index (χ3v) is 6.15. The first-order valence-electron chi connectivity index (χ1n) is 8.89. The van der Waals surface area contributed by atoms with Crippen LogP contribution in [-0.2, 0) is 4.79 Å². The zero-order valence-corrected chi connectivity index (χ0v) is 17.2. The van der Waals surface area contributed by atoms with Crippen LogP contribution in [0.2, 0.25) is 0 Å². The van der Waals surface area contributed by atoms with Crippen molar-refractivity contribution in [1.29, 1.82) is 0 Å². The number of nitrogens with two attached hydrogens (primary N) is 1. The summed E-state index contributed by atoms with van der Waals surface area (Å²) >= 11 is 2.55. The Hall–Kier alpha value is -3.04. The van der Waals surface area contributed by atoms with Gasteiger partial charge in [0.2, 0.25) is 11.0 Å². The Morgan fingerprint density at radius 2 is 1.76 bits per heavy atom. The molecule has 0 aliphatic carbocycles. The number of fused-ring (bicyclic) bond motifs is 1. The zero-order chi connectivity index (χ0) is 20.2. The number of benzene rings is 2. The van der Waals surface area contributed by atoms with Gasteiger partial charge in [0, 0.05) is 5.71 Å². The predicted octanol–water partition coefficient (Wildman–Crippen LogP) is 3.95. The molecule has 146 valence electrons. The van der Waals surface area contributed by atoms with Crippen LogP contribution in [0.4, 0.5) is 16.5 Å². The zero-order valence-electron chi connectivity index (χ0n) is 15.6. The van der Waals surface area contributed by atoms with Gasteiger partial charge in [-0.15, -0.1) is 10.2 Å². The number of aromatic nitrogens is 2. The van der Waals surface area contributed by atoms with E-state index in [0.717, 1.165) is 22.6 Å². The fourth-order valence-electron chi connectivity index (χ4n) is 3.03. The Bertz CT molecular complexity index is 1090. The summed E-state index contributed by atoms with van der Waals surface area (Å²) in [6, 6.07) is 17.6. The van der Waals surface area contributed by atoms with Gasteiger partial charge in [0.25, 0.3) is 0 Å². The van der Waals surface area contributed by atoms with Crippen LogP contribution < -0.4 is 11.1 Å². The lowest BCUT2D eigenvalue weighted by Crippen LogP contribution is -2.38.